The van der Waals surface area contributed by atoms with Crippen LogP contribution in [0.3, 0.4) is 0 Å². The number of amides is 1. The molecule has 1 aliphatic heterocycles. The van der Waals surface area contributed by atoms with Crippen molar-refractivity contribution < 1.29 is 18.7 Å². The lowest BCUT2D eigenvalue weighted by Crippen LogP contribution is -2.29. The summed E-state index contributed by atoms with van der Waals surface area (Å²) in [4.78, 5) is 28.9. The van der Waals surface area contributed by atoms with Crippen LogP contribution in [-0.4, -0.2) is 19.6 Å². The normalized spacial score (nSPS) is 14.8. The Hall–Kier alpha value is -3.74. The van der Waals surface area contributed by atoms with Crippen LogP contribution in [0.2, 0.25) is 10.0 Å². The fourth-order valence-electron chi connectivity index (χ4n) is 4.27. The van der Waals surface area contributed by atoms with E-state index >= 15 is 0 Å². The van der Waals surface area contributed by atoms with Crippen molar-refractivity contribution in [1.82, 2.24) is 0 Å². The molecule has 4 aromatic rings. The predicted octanol–water partition coefficient (Wildman–Crippen LogP) is 6.42. The van der Waals surface area contributed by atoms with Gasteiger partial charge in [-0.15, -0.1) is 0 Å². The number of rotatable bonds is 6. The average Bonchev–Trinajstić information content (AvgIpc) is 3.15. The minimum Gasteiger partial charge on any atom is -0.493 e. The molecular weight excluding hydrogens is 489 g/mol. The summed E-state index contributed by atoms with van der Waals surface area (Å²) in [6.45, 7) is 3.96. The van der Waals surface area contributed by atoms with E-state index < -0.39 is 11.9 Å². The average molecular weight is 508 g/mol. The molecule has 176 valence electrons. The van der Waals surface area contributed by atoms with Crippen molar-refractivity contribution in [2.75, 3.05) is 18.6 Å². The minimum absolute atomic E-state index is 0.0271. The molecule has 0 saturated heterocycles. The first-order chi connectivity index (χ1) is 16.9. The van der Waals surface area contributed by atoms with Gasteiger partial charge in [0, 0.05) is 15.7 Å². The van der Waals surface area contributed by atoms with Gasteiger partial charge in [-0.2, -0.15) is 0 Å². The third-order valence-electron chi connectivity index (χ3n) is 5.78. The molecule has 1 aromatic heterocycles. The maximum atomic E-state index is 13.7. The summed E-state index contributed by atoms with van der Waals surface area (Å²) in [6, 6.07) is 16.1. The molecule has 0 aliphatic carbocycles. The summed E-state index contributed by atoms with van der Waals surface area (Å²) in [5.74, 6) is 0.477. The van der Waals surface area contributed by atoms with Gasteiger partial charge in [0.2, 0.25) is 5.76 Å². The quantitative estimate of drug-likeness (QED) is 0.281. The van der Waals surface area contributed by atoms with E-state index in [1.807, 2.05) is 0 Å². The highest BCUT2D eigenvalue weighted by molar-refractivity contribution is 6.31. The van der Waals surface area contributed by atoms with Gasteiger partial charge in [0.1, 0.15) is 12.2 Å². The van der Waals surface area contributed by atoms with E-state index in [1.54, 1.807) is 66.7 Å². The molecule has 0 bridgehead atoms. The number of methoxy groups -OCH3 is 1. The van der Waals surface area contributed by atoms with Crippen molar-refractivity contribution in [2.45, 2.75) is 6.04 Å². The number of benzene rings is 3. The Kier molecular flexibility index (Phi) is 6.01. The predicted molar refractivity (Wildman–Crippen MR) is 136 cm³/mol. The van der Waals surface area contributed by atoms with E-state index in [1.165, 1.54) is 12.0 Å². The smallest absolute Gasteiger partial charge is 0.295 e. The van der Waals surface area contributed by atoms with Crippen LogP contribution in [0.15, 0.2) is 82.5 Å². The highest BCUT2D eigenvalue weighted by atomic mass is 35.5. The van der Waals surface area contributed by atoms with Gasteiger partial charge in [0.25, 0.3) is 5.91 Å². The first-order valence-electron chi connectivity index (χ1n) is 10.7. The second kappa shape index (κ2) is 9.13. The lowest BCUT2D eigenvalue weighted by atomic mass is 9.97. The molecule has 0 N–H and O–H groups in total. The fraction of sp³-hybridized carbons (Fsp3) is 0.111. The number of ether oxygens (including phenoxy) is 2. The zero-order chi connectivity index (χ0) is 24.7. The molecule has 1 amide bonds. The van der Waals surface area contributed by atoms with E-state index in [0.717, 1.165) is 0 Å². The van der Waals surface area contributed by atoms with E-state index in [-0.39, 0.29) is 22.3 Å². The Labute approximate surface area is 210 Å². The number of fused-ring (bicyclic) bond motifs is 2. The third kappa shape index (κ3) is 3.95. The molecule has 6 nitrogen and oxygen atoms in total. The summed E-state index contributed by atoms with van der Waals surface area (Å²) in [5, 5.41) is 1.13. The van der Waals surface area contributed by atoms with Gasteiger partial charge < -0.3 is 13.9 Å². The minimum atomic E-state index is -0.794. The number of carbonyl (C=O) groups is 1. The monoisotopic (exact) mass is 507 g/mol. The zero-order valence-corrected chi connectivity index (χ0v) is 20.1. The van der Waals surface area contributed by atoms with Gasteiger partial charge in [0.05, 0.1) is 24.1 Å². The summed E-state index contributed by atoms with van der Waals surface area (Å²) in [7, 11) is 1.52. The first-order valence-corrected chi connectivity index (χ1v) is 11.5. The topological polar surface area (TPSA) is 69.0 Å². The van der Waals surface area contributed by atoms with Crippen LogP contribution in [-0.2, 0) is 0 Å². The summed E-state index contributed by atoms with van der Waals surface area (Å²) in [5.41, 5.74) is 1.31. The molecule has 3 aromatic carbocycles. The van der Waals surface area contributed by atoms with Crippen LogP contribution in [0, 0.1) is 0 Å². The van der Waals surface area contributed by atoms with Crippen molar-refractivity contribution in [3.8, 4) is 11.5 Å². The lowest BCUT2D eigenvalue weighted by molar-refractivity contribution is 0.0971. The summed E-state index contributed by atoms with van der Waals surface area (Å²) >= 11 is 12.4. The molecule has 1 atom stereocenters. The summed E-state index contributed by atoms with van der Waals surface area (Å²) in [6.07, 6.45) is 1.63. The molecule has 0 radical (unpaired) electrons. The highest BCUT2D eigenvalue weighted by Gasteiger charge is 2.44. The van der Waals surface area contributed by atoms with Gasteiger partial charge in [-0.3, -0.25) is 14.5 Å². The molecule has 8 heteroatoms. The molecule has 0 spiro atoms. The van der Waals surface area contributed by atoms with Crippen LogP contribution in [0.5, 0.6) is 11.5 Å². The van der Waals surface area contributed by atoms with Crippen LogP contribution >= 0.6 is 23.2 Å². The van der Waals surface area contributed by atoms with Gasteiger partial charge >= 0.3 is 0 Å². The Bertz CT molecular complexity index is 1540. The van der Waals surface area contributed by atoms with Crippen LogP contribution < -0.4 is 19.8 Å². The van der Waals surface area contributed by atoms with Crippen molar-refractivity contribution in [1.29, 1.82) is 0 Å². The van der Waals surface area contributed by atoms with Crippen LogP contribution in [0.1, 0.15) is 27.7 Å². The molecule has 0 fully saturated rings. The molecule has 2 heterocycles. The molecular formula is C27H19Cl2NO5. The standard InChI is InChI=1S/C27H19Cl2NO5/c1-3-11-34-21-9-7-15(12-22(21)33-2)24-23-25(31)19-14-17(29)8-10-20(19)35-26(23)27(32)30(24)18-6-4-5-16(28)13-18/h3-10,12-14,24H,1,11H2,2H3. The fourth-order valence-corrected chi connectivity index (χ4v) is 4.63. The molecule has 1 aliphatic rings. The Morgan fingerprint density at radius 1 is 1.03 bits per heavy atom. The van der Waals surface area contributed by atoms with Gasteiger partial charge in [-0.1, -0.05) is 48.0 Å². The van der Waals surface area contributed by atoms with Gasteiger partial charge in [-0.25, -0.2) is 0 Å². The number of carbonyl (C=O) groups excluding carboxylic acids is 1. The maximum Gasteiger partial charge on any atom is 0.295 e. The number of anilines is 1. The first kappa shape index (κ1) is 23.0. The second-order valence-electron chi connectivity index (χ2n) is 7.88. The van der Waals surface area contributed by atoms with Crippen LogP contribution in [0.25, 0.3) is 11.0 Å². The van der Waals surface area contributed by atoms with Crippen molar-refractivity contribution in [2.24, 2.45) is 0 Å². The van der Waals surface area contributed by atoms with E-state index in [4.69, 9.17) is 37.1 Å². The Balaban J connectivity index is 1.77. The number of nitrogens with zero attached hydrogens (tertiary/aromatic N) is 1. The zero-order valence-electron chi connectivity index (χ0n) is 18.6. The Morgan fingerprint density at radius 2 is 1.83 bits per heavy atom. The van der Waals surface area contributed by atoms with E-state index in [2.05, 4.69) is 6.58 Å². The molecule has 0 saturated carbocycles. The largest absolute Gasteiger partial charge is 0.493 e. The third-order valence-corrected chi connectivity index (χ3v) is 6.25. The van der Waals surface area contributed by atoms with Crippen molar-refractivity contribution in [3.63, 3.8) is 0 Å². The number of hydrogen-bond acceptors (Lipinski definition) is 5. The van der Waals surface area contributed by atoms with Gasteiger partial charge in [0.15, 0.2) is 16.9 Å². The SMILES string of the molecule is C=CCOc1ccc(C2c3c(oc4ccc(Cl)cc4c3=O)C(=O)N2c2cccc(Cl)c2)cc1OC. The molecule has 1 unspecified atom stereocenters. The summed E-state index contributed by atoms with van der Waals surface area (Å²) < 4.78 is 17.2. The Morgan fingerprint density at radius 3 is 2.57 bits per heavy atom. The van der Waals surface area contributed by atoms with E-state index in [9.17, 15) is 9.59 Å². The highest BCUT2D eigenvalue weighted by Crippen LogP contribution is 2.43. The molecule has 5 rings (SSSR count). The van der Waals surface area contributed by atoms with Crippen molar-refractivity contribution >= 4 is 45.8 Å². The maximum absolute atomic E-state index is 13.7. The lowest BCUT2D eigenvalue weighted by Gasteiger charge is -2.26. The van der Waals surface area contributed by atoms with Gasteiger partial charge in [-0.05, 0) is 54.1 Å². The second-order valence-corrected chi connectivity index (χ2v) is 8.75. The van der Waals surface area contributed by atoms with Crippen molar-refractivity contribution in [3.05, 3.63) is 110 Å². The van der Waals surface area contributed by atoms with Crippen LogP contribution in [0.4, 0.5) is 5.69 Å². The molecule has 35 heavy (non-hydrogen) atoms. The number of halogens is 2. The number of hydrogen-bond donors (Lipinski definition) is 0. The van der Waals surface area contributed by atoms with E-state index in [0.29, 0.717) is 44.8 Å².